The Bertz CT molecular complexity index is 1650. The van der Waals surface area contributed by atoms with E-state index in [1.807, 2.05) is 42.5 Å². The number of H-pyrrole nitrogens is 1. The third kappa shape index (κ3) is 6.51. The predicted octanol–water partition coefficient (Wildman–Crippen LogP) is 4.00. The van der Waals surface area contributed by atoms with E-state index < -0.39 is 17.9 Å². The average Bonchev–Trinajstić information content (AvgIpc) is 3.35. The standard InChI is InChI=1S/C29H25ClN4O5/c30-20-11-9-18(10-12-20)28(36)34-24(15-19-16-26(35)32-22-6-2-1-5-21(19)22)29(37)38-14-13-31-17-27-33-23-7-3-4-8-25(23)39-27/h1-12,16,24,31H,13-15,17H2,(H,32,35)(H,34,36). The Labute approximate surface area is 228 Å². The number of oxazole rings is 1. The summed E-state index contributed by atoms with van der Waals surface area (Å²) in [7, 11) is 0. The summed E-state index contributed by atoms with van der Waals surface area (Å²) in [6, 6.07) is 21.5. The van der Waals surface area contributed by atoms with Crippen LogP contribution in [0.5, 0.6) is 0 Å². The highest BCUT2D eigenvalue weighted by Gasteiger charge is 2.24. The molecule has 3 N–H and O–H groups in total. The molecule has 39 heavy (non-hydrogen) atoms. The van der Waals surface area contributed by atoms with Gasteiger partial charge in [-0.2, -0.15) is 0 Å². The van der Waals surface area contributed by atoms with Gasteiger partial charge in [-0.25, -0.2) is 9.78 Å². The van der Waals surface area contributed by atoms with Crippen LogP contribution in [0.4, 0.5) is 0 Å². The monoisotopic (exact) mass is 544 g/mol. The summed E-state index contributed by atoms with van der Waals surface area (Å²) < 4.78 is 11.2. The fourth-order valence-electron chi connectivity index (χ4n) is 4.22. The molecule has 0 spiro atoms. The Morgan fingerprint density at radius 3 is 2.62 bits per heavy atom. The number of ether oxygens (including phenoxy) is 1. The van der Waals surface area contributed by atoms with Gasteiger partial charge in [0.2, 0.25) is 11.4 Å². The van der Waals surface area contributed by atoms with Gasteiger partial charge in [0.1, 0.15) is 18.2 Å². The Balaban J connectivity index is 1.25. The summed E-state index contributed by atoms with van der Waals surface area (Å²) in [6.45, 7) is 0.764. The highest BCUT2D eigenvalue weighted by molar-refractivity contribution is 6.30. The van der Waals surface area contributed by atoms with Gasteiger partial charge in [0.25, 0.3) is 5.91 Å². The first-order valence-electron chi connectivity index (χ1n) is 12.4. The van der Waals surface area contributed by atoms with Crippen LogP contribution in [0.1, 0.15) is 21.8 Å². The molecule has 0 fully saturated rings. The van der Waals surface area contributed by atoms with Gasteiger partial charge in [0, 0.05) is 40.5 Å². The lowest BCUT2D eigenvalue weighted by molar-refractivity contribution is -0.145. The molecule has 0 aliphatic carbocycles. The molecule has 3 aromatic carbocycles. The largest absolute Gasteiger partial charge is 0.463 e. The Morgan fingerprint density at radius 2 is 1.79 bits per heavy atom. The van der Waals surface area contributed by atoms with Gasteiger partial charge in [0.15, 0.2) is 5.58 Å². The number of esters is 1. The van der Waals surface area contributed by atoms with Crippen LogP contribution in [-0.2, 0) is 22.5 Å². The van der Waals surface area contributed by atoms with E-state index in [-0.39, 0.29) is 18.6 Å². The number of hydrogen-bond donors (Lipinski definition) is 3. The summed E-state index contributed by atoms with van der Waals surface area (Å²) in [5.41, 5.74) is 2.76. The number of nitrogens with zero attached hydrogens (tertiary/aromatic N) is 1. The molecule has 9 nitrogen and oxygen atoms in total. The van der Waals surface area contributed by atoms with Crippen molar-refractivity contribution >= 4 is 45.5 Å². The number of aromatic nitrogens is 2. The van der Waals surface area contributed by atoms with Crippen LogP contribution in [0.25, 0.3) is 22.0 Å². The van der Waals surface area contributed by atoms with Crippen molar-refractivity contribution in [2.45, 2.75) is 19.0 Å². The molecule has 10 heteroatoms. The van der Waals surface area contributed by atoms with Crippen molar-refractivity contribution in [3.05, 3.63) is 111 Å². The highest BCUT2D eigenvalue weighted by Crippen LogP contribution is 2.18. The number of pyridine rings is 1. The predicted molar refractivity (Wildman–Crippen MR) is 148 cm³/mol. The van der Waals surface area contributed by atoms with Crippen molar-refractivity contribution in [3.8, 4) is 0 Å². The second kappa shape index (κ2) is 11.9. The zero-order valence-electron chi connectivity index (χ0n) is 20.8. The number of amides is 1. The van der Waals surface area contributed by atoms with Gasteiger partial charge in [0.05, 0.1) is 6.54 Å². The number of aromatic amines is 1. The molecule has 1 atom stereocenters. The number of carbonyl (C=O) groups is 2. The summed E-state index contributed by atoms with van der Waals surface area (Å²) in [5.74, 6) is -0.556. The topological polar surface area (TPSA) is 126 Å². The smallest absolute Gasteiger partial charge is 0.329 e. The molecule has 0 bridgehead atoms. The first-order valence-corrected chi connectivity index (χ1v) is 12.7. The number of hydrogen-bond acceptors (Lipinski definition) is 7. The molecule has 0 radical (unpaired) electrons. The van der Waals surface area contributed by atoms with E-state index in [0.29, 0.717) is 46.2 Å². The van der Waals surface area contributed by atoms with E-state index >= 15 is 0 Å². The number of benzene rings is 3. The number of nitrogens with one attached hydrogen (secondary N) is 3. The molecular formula is C29H25ClN4O5. The van der Waals surface area contributed by atoms with Crippen LogP contribution in [0.15, 0.2) is 88.1 Å². The number of halogens is 1. The summed E-state index contributed by atoms with van der Waals surface area (Å²) in [5, 5.41) is 7.15. The normalized spacial score (nSPS) is 11.9. The lowest BCUT2D eigenvalue weighted by Gasteiger charge is -2.19. The van der Waals surface area contributed by atoms with Gasteiger partial charge in [-0.3, -0.25) is 9.59 Å². The van der Waals surface area contributed by atoms with Crippen molar-refractivity contribution < 1.29 is 18.7 Å². The van der Waals surface area contributed by atoms with Crippen molar-refractivity contribution in [1.29, 1.82) is 0 Å². The molecule has 198 valence electrons. The third-order valence-electron chi connectivity index (χ3n) is 6.09. The van der Waals surface area contributed by atoms with E-state index in [1.54, 1.807) is 30.3 Å². The van der Waals surface area contributed by atoms with Crippen LogP contribution in [0, 0.1) is 0 Å². The number of carbonyl (C=O) groups excluding carboxylic acids is 2. The average molecular weight is 545 g/mol. The van der Waals surface area contributed by atoms with Crippen molar-refractivity contribution in [2.75, 3.05) is 13.2 Å². The number of fused-ring (bicyclic) bond motifs is 2. The van der Waals surface area contributed by atoms with Gasteiger partial charge < -0.3 is 24.8 Å². The maximum absolute atomic E-state index is 13.1. The molecule has 0 aliphatic heterocycles. The minimum absolute atomic E-state index is 0.0580. The summed E-state index contributed by atoms with van der Waals surface area (Å²) in [4.78, 5) is 45.5. The Morgan fingerprint density at radius 1 is 1.03 bits per heavy atom. The first kappa shape index (κ1) is 26.1. The second-order valence-electron chi connectivity index (χ2n) is 8.86. The van der Waals surface area contributed by atoms with Gasteiger partial charge >= 0.3 is 5.97 Å². The van der Waals surface area contributed by atoms with E-state index in [0.717, 1.165) is 10.9 Å². The fourth-order valence-corrected chi connectivity index (χ4v) is 4.34. The van der Waals surface area contributed by atoms with E-state index in [4.69, 9.17) is 20.8 Å². The van der Waals surface area contributed by atoms with E-state index in [9.17, 15) is 14.4 Å². The van der Waals surface area contributed by atoms with E-state index in [2.05, 4.69) is 20.6 Å². The first-order chi connectivity index (χ1) is 19.0. The van der Waals surface area contributed by atoms with E-state index in [1.165, 1.54) is 6.07 Å². The zero-order valence-corrected chi connectivity index (χ0v) is 21.5. The maximum Gasteiger partial charge on any atom is 0.329 e. The summed E-state index contributed by atoms with van der Waals surface area (Å²) in [6.07, 6.45) is 0.0684. The molecule has 2 heterocycles. The van der Waals surface area contributed by atoms with Crippen LogP contribution >= 0.6 is 11.6 Å². The van der Waals surface area contributed by atoms with Gasteiger partial charge in [-0.1, -0.05) is 41.9 Å². The number of rotatable bonds is 10. The highest BCUT2D eigenvalue weighted by atomic mass is 35.5. The number of para-hydroxylation sites is 3. The van der Waals surface area contributed by atoms with Crippen molar-refractivity contribution in [2.24, 2.45) is 0 Å². The second-order valence-corrected chi connectivity index (χ2v) is 9.30. The zero-order chi connectivity index (χ0) is 27.2. The fraction of sp³-hybridized carbons (Fsp3) is 0.172. The van der Waals surface area contributed by atoms with Crippen LogP contribution in [-0.4, -0.2) is 41.0 Å². The molecule has 1 unspecified atom stereocenters. The third-order valence-corrected chi connectivity index (χ3v) is 6.35. The van der Waals surface area contributed by atoms with Crippen molar-refractivity contribution in [1.82, 2.24) is 20.6 Å². The molecule has 5 rings (SSSR count). The van der Waals surface area contributed by atoms with Crippen LogP contribution in [0.2, 0.25) is 5.02 Å². The minimum atomic E-state index is -1.03. The minimum Gasteiger partial charge on any atom is -0.463 e. The Hall–Kier alpha value is -4.47. The molecule has 1 amide bonds. The lowest BCUT2D eigenvalue weighted by atomic mass is 10.0. The quantitative estimate of drug-likeness (QED) is 0.179. The molecule has 5 aromatic rings. The van der Waals surface area contributed by atoms with Crippen LogP contribution < -0.4 is 16.2 Å². The molecule has 2 aromatic heterocycles. The molecule has 0 saturated carbocycles. The van der Waals surface area contributed by atoms with Gasteiger partial charge in [-0.15, -0.1) is 0 Å². The van der Waals surface area contributed by atoms with Crippen molar-refractivity contribution in [3.63, 3.8) is 0 Å². The molecule has 0 aliphatic rings. The summed E-state index contributed by atoms with van der Waals surface area (Å²) >= 11 is 5.94. The van der Waals surface area contributed by atoms with Crippen LogP contribution in [0.3, 0.4) is 0 Å². The lowest BCUT2D eigenvalue weighted by Crippen LogP contribution is -2.44. The molecular weight excluding hydrogens is 520 g/mol. The SMILES string of the molecule is O=C(NC(Cc1cc(=O)[nH]c2ccccc12)C(=O)OCCNCc1nc2ccccc2o1)c1ccc(Cl)cc1. The maximum atomic E-state index is 13.1. The molecule has 0 saturated heterocycles. The van der Waals surface area contributed by atoms with Gasteiger partial charge in [-0.05, 0) is 48.0 Å². The Kier molecular flexibility index (Phi) is 8.00.